The molecule has 0 spiro atoms. The van der Waals surface area contributed by atoms with Crippen molar-refractivity contribution in [2.75, 3.05) is 26.9 Å². The molecule has 2 rings (SSSR count). The van der Waals surface area contributed by atoms with Crippen molar-refractivity contribution < 1.29 is 9.47 Å². The zero-order valence-electron chi connectivity index (χ0n) is 12.5. The number of nitrogens with zero attached hydrogens (tertiary/aromatic N) is 2. The number of aryl methyl sites for hydroxylation is 1. The largest absolute Gasteiger partial charge is 0.491 e. The van der Waals surface area contributed by atoms with Crippen molar-refractivity contribution in [2.24, 2.45) is 0 Å². The maximum atomic E-state index is 5.60. The Hall–Kier alpha value is -1.85. The number of hydrogen-bond donors (Lipinski definition) is 1. The number of benzene rings is 1. The number of rotatable bonds is 10. The molecule has 0 aliphatic rings. The standard InChI is InChI=1S/C16H23N3O2/c1-20-10-11-21-16-5-2-4-15(12-16)13-17-6-3-8-19-9-7-18-14-19/h2,4-5,7,9,12,14,17H,3,6,8,10-11,13H2,1H3. The van der Waals surface area contributed by atoms with Crippen LogP contribution in [0, 0.1) is 0 Å². The van der Waals surface area contributed by atoms with E-state index in [2.05, 4.69) is 27.0 Å². The molecule has 0 atom stereocenters. The zero-order chi connectivity index (χ0) is 14.8. The van der Waals surface area contributed by atoms with Gasteiger partial charge in [-0.2, -0.15) is 0 Å². The van der Waals surface area contributed by atoms with E-state index >= 15 is 0 Å². The van der Waals surface area contributed by atoms with Crippen LogP contribution in [0.1, 0.15) is 12.0 Å². The summed E-state index contributed by atoms with van der Waals surface area (Å²) in [5.41, 5.74) is 1.23. The van der Waals surface area contributed by atoms with Crippen molar-refractivity contribution in [2.45, 2.75) is 19.5 Å². The molecule has 0 bridgehead atoms. The number of ether oxygens (including phenoxy) is 2. The van der Waals surface area contributed by atoms with Gasteiger partial charge in [0.05, 0.1) is 12.9 Å². The highest BCUT2D eigenvalue weighted by atomic mass is 16.5. The molecule has 114 valence electrons. The van der Waals surface area contributed by atoms with Crippen LogP contribution in [0.3, 0.4) is 0 Å². The van der Waals surface area contributed by atoms with E-state index in [1.165, 1.54) is 5.56 Å². The van der Waals surface area contributed by atoms with Gasteiger partial charge in [0.1, 0.15) is 12.4 Å². The van der Waals surface area contributed by atoms with Gasteiger partial charge in [-0.3, -0.25) is 0 Å². The summed E-state index contributed by atoms with van der Waals surface area (Å²) in [5.74, 6) is 0.893. The lowest BCUT2D eigenvalue weighted by atomic mass is 10.2. The van der Waals surface area contributed by atoms with Crippen molar-refractivity contribution in [1.82, 2.24) is 14.9 Å². The molecule has 0 fully saturated rings. The summed E-state index contributed by atoms with van der Waals surface area (Å²) in [6.07, 6.45) is 6.73. The first-order valence-electron chi connectivity index (χ1n) is 7.25. The van der Waals surface area contributed by atoms with Crippen LogP contribution >= 0.6 is 0 Å². The van der Waals surface area contributed by atoms with Crippen LogP contribution in [-0.4, -0.2) is 36.4 Å². The highest BCUT2D eigenvalue weighted by Crippen LogP contribution is 2.13. The first-order valence-corrected chi connectivity index (χ1v) is 7.25. The van der Waals surface area contributed by atoms with E-state index in [9.17, 15) is 0 Å². The summed E-state index contributed by atoms with van der Waals surface area (Å²) in [6, 6.07) is 8.16. The van der Waals surface area contributed by atoms with E-state index in [-0.39, 0.29) is 0 Å². The number of nitrogens with one attached hydrogen (secondary N) is 1. The molecule has 0 aliphatic carbocycles. The van der Waals surface area contributed by atoms with Gasteiger partial charge in [0.2, 0.25) is 0 Å². The van der Waals surface area contributed by atoms with Crippen LogP contribution in [-0.2, 0) is 17.8 Å². The average Bonchev–Trinajstić information content (AvgIpc) is 3.01. The fourth-order valence-electron chi connectivity index (χ4n) is 2.03. The highest BCUT2D eigenvalue weighted by Gasteiger charge is 1.97. The van der Waals surface area contributed by atoms with E-state index in [1.54, 1.807) is 7.11 Å². The Morgan fingerprint density at radius 3 is 3.05 bits per heavy atom. The second-order valence-corrected chi connectivity index (χ2v) is 4.82. The van der Waals surface area contributed by atoms with E-state index in [1.807, 2.05) is 30.9 Å². The molecule has 0 amide bonds. The Bertz CT molecular complexity index is 500. The van der Waals surface area contributed by atoms with Crippen molar-refractivity contribution >= 4 is 0 Å². The lowest BCUT2D eigenvalue weighted by Crippen LogP contribution is -2.16. The number of methoxy groups -OCH3 is 1. The van der Waals surface area contributed by atoms with Gasteiger partial charge in [0.15, 0.2) is 0 Å². The third-order valence-electron chi connectivity index (χ3n) is 3.11. The van der Waals surface area contributed by atoms with Crippen LogP contribution in [0.4, 0.5) is 0 Å². The minimum atomic E-state index is 0.582. The molecule has 0 saturated heterocycles. The molecule has 5 heteroatoms. The molecular weight excluding hydrogens is 266 g/mol. The monoisotopic (exact) mass is 289 g/mol. The Balaban J connectivity index is 1.64. The van der Waals surface area contributed by atoms with Gasteiger partial charge in [-0.1, -0.05) is 12.1 Å². The number of aromatic nitrogens is 2. The first-order chi connectivity index (χ1) is 10.4. The quantitative estimate of drug-likeness (QED) is 0.680. The molecule has 0 unspecified atom stereocenters. The van der Waals surface area contributed by atoms with Crippen LogP contribution in [0.2, 0.25) is 0 Å². The Morgan fingerprint density at radius 2 is 2.24 bits per heavy atom. The summed E-state index contributed by atoms with van der Waals surface area (Å²) in [7, 11) is 1.67. The molecule has 2 aromatic rings. The molecule has 0 aliphatic heterocycles. The molecule has 0 radical (unpaired) electrons. The van der Waals surface area contributed by atoms with Crippen LogP contribution in [0.15, 0.2) is 43.0 Å². The molecule has 21 heavy (non-hydrogen) atoms. The Morgan fingerprint density at radius 1 is 1.29 bits per heavy atom. The predicted octanol–water partition coefficient (Wildman–Crippen LogP) is 2.09. The van der Waals surface area contributed by atoms with Crippen molar-refractivity contribution in [1.29, 1.82) is 0 Å². The molecule has 1 N–H and O–H groups in total. The third kappa shape index (κ3) is 5.97. The van der Waals surface area contributed by atoms with Gasteiger partial charge in [0.25, 0.3) is 0 Å². The maximum absolute atomic E-state index is 5.60. The minimum Gasteiger partial charge on any atom is -0.491 e. The van der Waals surface area contributed by atoms with E-state index < -0.39 is 0 Å². The summed E-state index contributed by atoms with van der Waals surface area (Å²) in [5, 5.41) is 3.44. The normalized spacial score (nSPS) is 10.7. The lowest BCUT2D eigenvalue weighted by Gasteiger charge is -2.09. The molecule has 1 aromatic carbocycles. The first kappa shape index (κ1) is 15.5. The Labute approximate surface area is 125 Å². The van der Waals surface area contributed by atoms with Crippen LogP contribution < -0.4 is 10.1 Å². The fraction of sp³-hybridized carbons (Fsp3) is 0.438. The molecular formula is C16H23N3O2. The van der Waals surface area contributed by atoms with E-state index in [0.29, 0.717) is 13.2 Å². The van der Waals surface area contributed by atoms with Crippen molar-refractivity contribution in [3.05, 3.63) is 48.5 Å². The SMILES string of the molecule is COCCOc1cccc(CNCCCn2ccnc2)c1. The molecule has 0 saturated carbocycles. The van der Waals surface area contributed by atoms with Gasteiger partial charge < -0.3 is 19.4 Å². The van der Waals surface area contributed by atoms with Crippen molar-refractivity contribution in [3.8, 4) is 5.75 Å². The summed E-state index contributed by atoms with van der Waals surface area (Å²) >= 11 is 0. The molecule has 5 nitrogen and oxygen atoms in total. The lowest BCUT2D eigenvalue weighted by molar-refractivity contribution is 0.146. The predicted molar refractivity (Wildman–Crippen MR) is 82.4 cm³/mol. The summed E-state index contributed by atoms with van der Waals surface area (Å²) in [4.78, 5) is 4.03. The minimum absolute atomic E-state index is 0.582. The maximum Gasteiger partial charge on any atom is 0.119 e. The zero-order valence-corrected chi connectivity index (χ0v) is 12.5. The summed E-state index contributed by atoms with van der Waals surface area (Å²) < 4.78 is 12.7. The van der Waals surface area contributed by atoms with Crippen LogP contribution in [0.25, 0.3) is 0 Å². The van der Waals surface area contributed by atoms with Gasteiger partial charge in [-0.25, -0.2) is 4.98 Å². The number of imidazole rings is 1. The second-order valence-electron chi connectivity index (χ2n) is 4.82. The van der Waals surface area contributed by atoms with Gasteiger partial charge in [-0.15, -0.1) is 0 Å². The van der Waals surface area contributed by atoms with Crippen molar-refractivity contribution in [3.63, 3.8) is 0 Å². The third-order valence-corrected chi connectivity index (χ3v) is 3.11. The smallest absolute Gasteiger partial charge is 0.119 e. The summed E-state index contributed by atoms with van der Waals surface area (Å²) in [6.45, 7) is 4.01. The van der Waals surface area contributed by atoms with E-state index in [4.69, 9.17) is 9.47 Å². The van der Waals surface area contributed by atoms with Gasteiger partial charge in [-0.05, 0) is 30.7 Å². The second kappa shape index (κ2) is 9.15. The Kier molecular flexibility index (Phi) is 6.77. The number of hydrogen-bond acceptors (Lipinski definition) is 4. The fourth-order valence-corrected chi connectivity index (χ4v) is 2.03. The van der Waals surface area contributed by atoms with Crippen LogP contribution in [0.5, 0.6) is 5.75 Å². The van der Waals surface area contributed by atoms with E-state index in [0.717, 1.165) is 31.8 Å². The van der Waals surface area contributed by atoms with Gasteiger partial charge in [0, 0.05) is 32.6 Å². The highest BCUT2D eigenvalue weighted by molar-refractivity contribution is 5.28. The molecule has 1 heterocycles. The molecule has 1 aromatic heterocycles. The average molecular weight is 289 g/mol. The van der Waals surface area contributed by atoms with Gasteiger partial charge >= 0.3 is 0 Å². The topological polar surface area (TPSA) is 48.3 Å².